The molecule has 1 saturated heterocycles. The highest BCUT2D eigenvalue weighted by atomic mass is 35.5. The van der Waals surface area contributed by atoms with Gasteiger partial charge < -0.3 is 15.4 Å². The number of piperidine rings is 1. The lowest BCUT2D eigenvalue weighted by Gasteiger charge is -2.23. The molecule has 2 unspecified atom stereocenters. The van der Waals surface area contributed by atoms with E-state index < -0.39 is 6.10 Å². The van der Waals surface area contributed by atoms with E-state index >= 15 is 0 Å². The monoisotopic (exact) mass is 349 g/mol. The van der Waals surface area contributed by atoms with Gasteiger partial charge in [0.2, 0.25) is 0 Å². The SMILES string of the molecule is CC(Oc1cccnc1)C(=O)NCCC1CCCNC1.Cl.Cl. The van der Waals surface area contributed by atoms with Crippen LogP contribution in [0.25, 0.3) is 0 Å². The second kappa shape index (κ2) is 11.5. The van der Waals surface area contributed by atoms with Crippen LogP contribution in [0.4, 0.5) is 0 Å². The molecule has 0 bridgehead atoms. The maximum absolute atomic E-state index is 11.9. The van der Waals surface area contributed by atoms with Gasteiger partial charge in [0.1, 0.15) is 5.75 Å². The summed E-state index contributed by atoms with van der Waals surface area (Å²) in [5.74, 6) is 1.22. The number of nitrogens with one attached hydrogen (secondary N) is 2. The van der Waals surface area contributed by atoms with Crippen LogP contribution in [0.5, 0.6) is 5.75 Å². The Balaban J connectivity index is 0.00000220. The van der Waals surface area contributed by atoms with E-state index in [4.69, 9.17) is 4.74 Å². The Morgan fingerprint density at radius 2 is 2.36 bits per heavy atom. The molecule has 5 nitrogen and oxygen atoms in total. The van der Waals surface area contributed by atoms with Crippen molar-refractivity contribution < 1.29 is 9.53 Å². The van der Waals surface area contributed by atoms with Crippen molar-refractivity contribution in [3.8, 4) is 5.75 Å². The van der Waals surface area contributed by atoms with Crippen LogP contribution in [0.1, 0.15) is 26.2 Å². The molecule has 0 radical (unpaired) electrons. The van der Waals surface area contributed by atoms with Crippen LogP contribution in [0.3, 0.4) is 0 Å². The van der Waals surface area contributed by atoms with Gasteiger partial charge in [-0.25, -0.2) is 0 Å². The van der Waals surface area contributed by atoms with Crippen LogP contribution >= 0.6 is 24.8 Å². The molecule has 0 aliphatic carbocycles. The number of amides is 1. The van der Waals surface area contributed by atoms with Crippen molar-refractivity contribution in [2.45, 2.75) is 32.3 Å². The van der Waals surface area contributed by atoms with Crippen molar-refractivity contribution in [2.75, 3.05) is 19.6 Å². The number of ether oxygens (including phenoxy) is 1. The number of nitrogens with zero attached hydrogens (tertiary/aromatic N) is 1. The van der Waals surface area contributed by atoms with E-state index in [2.05, 4.69) is 15.6 Å². The highest BCUT2D eigenvalue weighted by molar-refractivity contribution is 5.85. The molecule has 1 amide bonds. The maximum Gasteiger partial charge on any atom is 0.260 e. The summed E-state index contributed by atoms with van der Waals surface area (Å²) in [7, 11) is 0. The molecule has 2 N–H and O–H groups in total. The Hall–Kier alpha value is -1.04. The van der Waals surface area contributed by atoms with Crippen LogP contribution in [0, 0.1) is 5.92 Å². The van der Waals surface area contributed by atoms with Gasteiger partial charge in [-0.2, -0.15) is 0 Å². The maximum atomic E-state index is 11.9. The topological polar surface area (TPSA) is 63.2 Å². The summed E-state index contributed by atoms with van der Waals surface area (Å²) in [4.78, 5) is 15.9. The lowest BCUT2D eigenvalue weighted by Crippen LogP contribution is -2.38. The van der Waals surface area contributed by atoms with Crippen molar-refractivity contribution in [3.05, 3.63) is 24.5 Å². The zero-order chi connectivity index (χ0) is 14.2. The molecule has 22 heavy (non-hydrogen) atoms. The van der Waals surface area contributed by atoms with Gasteiger partial charge >= 0.3 is 0 Å². The van der Waals surface area contributed by atoms with Crippen LogP contribution in [0.15, 0.2) is 24.5 Å². The average molecular weight is 350 g/mol. The smallest absolute Gasteiger partial charge is 0.260 e. The van der Waals surface area contributed by atoms with Gasteiger partial charge in [0.15, 0.2) is 6.10 Å². The van der Waals surface area contributed by atoms with Gasteiger partial charge in [0.25, 0.3) is 5.91 Å². The third kappa shape index (κ3) is 7.29. The van der Waals surface area contributed by atoms with Crippen molar-refractivity contribution in [1.82, 2.24) is 15.6 Å². The Morgan fingerprint density at radius 1 is 1.55 bits per heavy atom. The fourth-order valence-electron chi connectivity index (χ4n) is 2.39. The summed E-state index contributed by atoms with van der Waals surface area (Å²) >= 11 is 0. The van der Waals surface area contributed by atoms with E-state index in [0.29, 0.717) is 18.2 Å². The van der Waals surface area contributed by atoms with Crippen molar-refractivity contribution >= 4 is 30.7 Å². The Labute approximate surface area is 144 Å². The molecule has 1 aromatic rings. The molecule has 1 fully saturated rings. The molecule has 1 aromatic heterocycles. The summed E-state index contributed by atoms with van der Waals surface area (Å²) in [6.07, 6.45) is 6.30. The van der Waals surface area contributed by atoms with Crippen LogP contribution in [-0.2, 0) is 4.79 Å². The van der Waals surface area contributed by atoms with E-state index in [1.54, 1.807) is 31.5 Å². The summed E-state index contributed by atoms with van der Waals surface area (Å²) in [5.41, 5.74) is 0. The first kappa shape index (κ1) is 21.0. The van der Waals surface area contributed by atoms with E-state index in [9.17, 15) is 4.79 Å². The van der Waals surface area contributed by atoms with Crippen LogP contribution in [0.2, 0.25) is 0 Å². The second-order valence-corrected chi connectivity index (χ2v) is 5.24. The molecule has 7 heteroatoms. The van der Waals surface area contributed by atoms with Crippen LogP contribution in [-0.4, -0.2) is 36.6 Å². The summed E-state index contributed by atoms with van der Waals surface area (Å²) < 4.78 is 5.53. The first-order chi connectivity index (χ1) is 9.75. The van der Waals surface area contributed by atoms with Gasteiger partial charge in [-0.05, 0) is 57.3 Å². The number of carbonyl (C=O) groups is 1. The number of hydrogen-bond acceptors (Lipinski definition) is 4. The van der Waals surface area contributed by atoms with Gasteiger partial charge in [0, 0.05) is 12.7 Å². The Morgan fingerprint density at radius 3 is 3.00 bits per heavy atom. The molecule has 2 rings (SSSR count). The highest BCUT2D eigenvalue weighted by Crippen LogP contribution is 2.13. The standard InChI is InChI=1S/C15H23N3O2.2ClH/c1-12(20-14-5-3-8-17-11-14)15(19)18-9-6-13-4-2-7-16-10-13;;/h3,5,8,11-13,16H,2,4,6-7,9-10H2,1H3,(H,18,19);2*1H. The predicted octanol–water partition coefficient (Wildman–Crippen LogP) is 2.20. The molecule has 0 spiro atoms. The summed E-state index contributed by atoms with van der Waals surface area (Å²) in [6.45, 7) is 4.66. The second-order valence-electron chi connectivity index (χ2n) is 5.24. The van der Waals surface area contributed by atoms with Crippen LogP contribution < -0.4 is 15.4 Å². The molecule has 0 saturated carbocycles. The molecule has 1 aliphatic rings. The lowest BCUT2D eigenvalue weighted by atomic mass is 9.96. The minimum Gasteiger partial charge on any atom is -0.479 e. The van der Waals surface area contributed by atoms with Gasteiger partial charge in [0.05, 0.1) is 6.20 Å². The largest absolute Gasteiger partial charge is 0.479 e. The van der Waals surface area contributed by atoms with Gasteiger partial charge in [-0.1, -0.05) is 0 Å². The zero-order valence-corrected chi connectivity index (χ0v) is 14.4. The summed E-state index contributed by atoms with van der Waals surface area (Å²) in [6, 6.07) is 3.58. The lowest BCUT2D eigenvalue weighted by molar-refractivity contribution is -0.127. The molecule has 2 atom stereocenters. The van der Waals surface area contributed by atoms with Gasteiger partial charge in [-0.3, -0.25) is 9.78 Å². The molecule has 0 aromatic carbocycles. The fourth-order valence-corrected chi connectivity index (χ4v) is 2.39. The zero-order valence-electron chi connectivity index (χ0n) is 12.8. The molecule has 2 heterocycles. The number of hydrogen-bond donors (Lipinski definition) is 2. The molecule has 1 aliphatic heterocycles. The normalized spacial score (nSPS) is 18.3. The first-order valence-electron chi connectivity index (χ1n) is 7.31. The van der Waals surface area contributed by atoms with Crippen molar-refractivity contribution in [3.63, 3.8) is 0 Å². The first-order valence-corrected chi connectivity index (χ1v) is 7.31. The minimum absolute atomic E-state index is 0. The van der Waals surface area contributed by atoms with Crippen molar-refractivity contribution in [1.29, 1.82) is 0 Å². The third-order valence-electron chi connectivity index (χ3n) is 3.57. The fraction of sp³-hybridized carbons (Fsp3) is 0.600. The van der Waals surface area contributed by atoms with Crippen molar-refractivity contribution in [2.24, 2.45) is 5.92 Å². The Kier molecular flexibility index (Phi) is 11.0. The number of carbonyl (C=O) groups excluding carboxylic acids is 1. The minimum atomic E-state index is -0.497. The number of pyridine rings is 1. The highest BCUT2D eigenvalue weighted by Gasteiger charge is 2.16. The number of rotatable bonds is 6. The van der Waals surface area contributed by atoms with E-state index in [0.717, 1.165) is 19.5 Å². The molecular weight excluding hydrogens is 325 g/mol. The van der Waals surface area contributed by atoms with E-state index in [1.807, 2.05) is 0 Å². The third-order valence-corrected chi connectivity index (χ3v) is 3.57. The predicted molar refractivity (Wildman–Crippen MR) is 92.0 cm³/mol. The average Bonchev–Trinajstić information content (AvgIpc) is 2.49. The van der Waals surface area contributed by atoms with E-state index in [1.165, 1.54) is 12.8 Å². The quantitative estimate of drug-likeness (QED) is 0.826. The summed E-state index contributed by atoms with van der Waals surface area (Å²) in [5, 5.41) is 6.32. The number of halogens is 2. The van der Waals surface area contributed by atoms with E-state index in [-0.39, 0.29) is 30.7 Å². The van der Waals surface area contributed by atoms with Gasteiger partial charge in [-0.15, -0.1) is 24.8 Å². The Bertz CT molecular complexity index is 415. The number of aromatic nitrogens is 1. The molecular formula is C15H25Cl2N3O2. The molecule has 126 valence electrons.